The first kappa shape index (κ1) is 18.2. The van der Waals surface area contributed by atoms with Gasteiger partial charge in [0, 0.05) is 25.1 Å². The summed E-state index contributed by atoms with van der Waals surface area (Å²) in [6.45, 7) is 0. The molecule has 1 aromatic heterocycles. The highest BCUT2D eigenvalue weighted by molar-refractivity contribution is 7.90. The fraction of sp³-hybridized carbons (Fsp3) is 0.412. The third-order valence-electron chi connectivity index (χ3n) is 3.87. The second-order valence-electron chi connectivity index (χ2n) is 5.79. The minimum absolute atomic E-state index is 0.265. The van der Waals surface area contributed by atoms with Crippen molar-refractivity contribution in [2.75, 3.05) is 6.26 Å². The number of aromatic amines is 1. The second kappa shape index (κ2) is 8.63. The van der Waals surface area contributed by atoms with Gasteiger partial charge in [-0.05, 0) is 37.0 Å². The number of hydrogen-bond donors (Lipinski definition) is 2. The van der Waals surface area contributed by atoms with Crippen LogP contribution in [0.3, 0.4) is 0 Å². The van der Waals surface area contributed by atoms with Crippen molar-refractivity contribution in [3.8, 4) is 0 Å². The van der Waals surface area contributed by atoms with Crippen molar-refractivity contribution in [3.05, 3.63) is 48.0 Å². The van der Waals surface area contributed by atoms with Crippen molar-refractivity contribution in [2.45, 2.75) is 43.4 Å². The molecule has 1 heterocycles. The van der Waals surface area contributed by atoms with Crippen molar-refractivity contribution in [1.29, 1.82) is 0 Å². The molecule has 2 N–H and O–H groups in total. The molecule has 0 aliphatic rings. The molecule has 0 amide bonds. The zero-order valence-electron chi connectivity index (χ0n) is 13.8. The van der Waals surface area contributed by atoms with E-state index in [2.05, 4.69) is 15.1 Å². The highest BCUT2D eigenvalue weighted by Crippen LogP contribution is 2.14. The predicted octanol–water partition coefficient (Wildman–Crippen LogP) is 3.18. The number of sulfone groups is 1. The summed E-state index contributed by atoms with van der Waals surface area (Å²) in [6, 6.07) is 6.45. The maximum Gasteiger partial charge on any atom is 0.175 e. The number of H-pyrrole nitrogens is 1. The van der Waals surface area contributed by atoms with Gasteiger partial charge in [0.1, 0.15) is 5.82 Å². The quantitative estimate of drug-likeness (QED) is 0.314. The SMILES string of the molecule is CS(=O)(=O)c1ccc(C(CCCCCCc2ncc[nH]2)=NO)cc1. The summed E-state index contributed by atoms with van der Waals surface area (Å²) < 4.78 is 22.9. The van der Waals surface area contributed by atoms with Crippen LogP contribution in [-0.4, -0.2) is 35.6 Å². The van der Waals surface area contributed by atoms with Crippen molar-refractivity contribution in [3.63, 3.8) is 0 Å². The number of nitrogens with one attached hydrogen (secondary N) is 1. The van der Waals surface area contributed by atoms with Gasteiger partial charge in [0.25, 0.3) is 0 Å². The van der Waals surface area contributed by atoms with Crippen LogP contribution >= 0.6 is 0 Å². The number of benzene rings is 1. The summed E-state index contributed by atoms with van der Waals surface area (Å²) in [5, 5.41) is 12.6. The Morgan fingerprint density at radius 3 is 2.46 bits per heavy atom. The molecule has 7 heteroatoms. The Bertz CT molecular complexity index is 751. The average Bonchev–Trinajstić information content (AvgIpc) is 3.07. The minimum Gasteiger partial charge on any atom is -0.411 e. The van der Waals surface area contributed by atoms with E-state index in [0.717, 1.165) is 43.5 Å². The lowest BCUT2D eigenvalue weighted by Crippen LogP contribution is -2.03. The topological polar surface area (TPSA) is 95.4 Å². The van der Waals surface area contributed by atoms with Crippen LogP contribution in [0.25, 0.3) is 0 Å². The lowest BCUT2D eigenvalue weighted by molar-refractivity contribution is 0.317. The van der Waals surface area contributed by atoms with Crippen LogP contribution < -0.4 is 0 Å². The van der Waals surface area contributed by atoms with Gasteiger partial charge >= 0.3 is 0 Å². The molecule has 0 saturated heterocycles. The largest absolute Gasteiger partial charge is 0.411 e. The van der Waals surface area contributed by atoms with E-state index in [1.807, 2.05) is 6.20 Å². The maximum atomic E-state index is 11.5. The van der Waals surface area contributed by atoms with Crippen LogP contribution in [0.5, 0.6) is 0 Å². The first-order chi connectivity index (χ1) is 11.5. The van der Waals surface area contributed by atoms with E-state index in [1.165, 1.54) is 6.26 Å². The molecule has 0 spiro atoms. The molecule has 0 bridgehead atoms. The molecule has 0 saturated carbocycles. The predicted molar refractivity (Wildman–Crippen MR) is 93.3 cm³/mol. The third kappa shape index (κ3) is 5.49. The molecule has 1 aromatic carbocycles. The highest BCUT2D eigenvalue weighted by atomic mass is 32.2. The zero-order valence-corrected chi connectivity index (χ0v) is 14.6. The van der Waals surface area contributed by atoms with E-state index in [1.54, 1.807) is 30.5 Å². The number of nitrogens with zero attached hydrogens (tertiary/aromatic N) is 2. The monoisotopic (exact) mass is 349 g/mol. The standard InChI is InChI=1S/C17H23N3O3S/c1-24(22,23)15-10-8-14(9-11-15)16(20-21)6-4-2-3-5-7-17-18-12-13-19-17/h8-13,21H,2-7H2,1H3,(H,18,19). The van der Waals surface area contributed by atoms with Crippen molar-refractivity contribution < 1.29 is 13.6 Å². The van der Waals surface area contributed by atoms with Crippen molar-refractivity contribution in [2.24, 2.45) is 5.16 Å². The number of aryl methyl sites for hydroxylation is 1. The van der Waals surface area contributed by atoms with Gasteiger partial charge in [0.15, 0.2) is 9.84 Å². The Labute approximate surface area is 142 Å². The van der Waals surface area contributed by atoms with E-state index in [9.17, 15) is 13.6 Å². The fourth-order valence-corrected chi connectivity index (χ4v) is 3.15. The Morgan fingerprint density at radius 1 is 1.17 bits per heavy atom. The molecule has 0 unspecified atom stereocenters. The van der Waals surface area contributed by atoms with Gasteiger partial charge in [-0.1, -0.05) is 30.1 Å². The van der Waals surface area contributed by atoms with E-state index in [4.69, 9.17) is 0 Å². The molecule has 24 heavy (non-hydrogen) atoms. The number of imidazole rings is 1. The Kier molecular flexibility index (Phi) is 6.54. The molecule has 2 aromatic rings. The Balaban J connectivity index is 1.76. The molecule has 0 atom stereocenters. The molecule has 0 fully saturated rings. The number of rotatable bonds is 9. The number of aromatic nitrogens is 2. The fourth-order valence-electron chi connectivity index (χ4n) is 2.52. The Hall–Kier alpha value is -2.15. The van der Waals surface area contributed by atoms with Crippen molar-refractivity contribution in [1.82, 2.24) is 9.97 Å². The van der Waals surface area contributed by atoms with E-state index in [0.29, 0.717) is 12.1 Å². The third-order valence-corrected chi connectivity index (χ3v) is 5.00. The maximum absolute atomic E-state index is 11.5. The molecular formula is C17H23N3O3S. The van der Waals surface area contributed by atoms with Gasteiger partial charge in [0.2, 0.25) is 0 Å². The average molecular weight is 349 g/mol. The Morgan fingerprint density at radius 2 is 1.88 bits per heavy atom. The second-order valence-corrected chi connectivity index (χ2v) is 7.81. The van der Waals surface area contributed by atoms with Gasteiger partial charge in [0.05, 0.1) is 10.6 Å². The molecule has 0 aliphatic heterocycles. The van der Waals surface area contributed by atoms with E-state index < -0.39 is 9.84 Å². The number of oxime groups is 1. The van der Waals surface area contributed by atoms with Crippen molar-refractivity contribution >= 4 is 15.5 Å². The number of unbranched alkanes of at least 4 members (excludes halogenated alkanes) is 3. The summed E-state index contributed by atoms with van der Waals surface area (Å²) in [5.74, 6) is 1.01. The van der Waals surface area contributed by atoms with Crippen LogP contribution in [0.15, 0.2) is 46.7 Å². The molecule has 0 radical (unpaired) electrons. The molecule has 130 valence electrons. The summed E-state index contributed by atoms with van der Waals surface area (Å²) in [6.07, 6.45) is 10.5. The minimum atomic E-state index is -3.21. The summed E-state index contributed by atoms with van der Waals surface area (Å²) >= 11 is 0. The van der Waals surface area contributed by atoms with E-state index in [-0.39, 0.29) is 4.90 Å². The first-order valence-electron chi connectivity index (χ1n) is 8.00. The summed E-state index contributed by atoms with van der Waals surface area (Å²) in [7, 11) is -3.21. The molecule has 6 nitrogen and oxygen atoms in total. The van der Waals surface area contributed by atoms with Gasteiger partial charge in [-0.25, -0.2) is 13.4 Å². The summed E-state index contributed by atoms with van der Waals surface area (Å²) in [5.41, 5.74) is 1.33. The number of hydrogen-bond acceptors (Lipinski definition) is 5. The lowest BCUT2D eigenvalue weighted by atomic mass is 10.0. The molecule has 2 rings (SSSR count). The van der Waals surface area contributed by atoms with Gasteiger partial charge in [-0.3, -0.25) is 0 Å². The molecule has 0 aliphatic carbocycles. The first-order valence-corrected chi connectivity index (χ1v) is 9.89. The van der Waals surface area contributed by atoms with Gasteiger partial charge in [-0.15, -0.1) is 0 Å². The van der Waals surface area contributed by atoms with Crippen LogP contribution in [0.1, 0.15) is 43.5 Å². The normalized spacial score (nSPS) is 12.5. The van der Waals surface area contributed by atoms with Crippen LogP contribution in [0.4, 0.5) is 0 Å². The van der Waals surface area contributed by atoms with Crippen LogP contribution in [0.2, 0.25) is 0 Å². The van der Waals surface area contributed by atoms with Gasteiger partial charge in [-0.2, -0.15) is 0 Å². The zero-order chi connectivity index (χ0) is 17.4. The van der Waals surface area contributed by atoms with Crippen LogP contribution in [0, 0.1) is 0 Å². The van der Waals surface area contributed by atoms with E-state index >= 15 is 0 Å². The lowest BCUT2D eigenvalue weighted by Gasteiger charge is -2.06. The highest BCUT2D eigenvalue weighted by Gasteiger charge is 2.09. The smallest absolute Gasteiger partial charge is 0.175 e. The summed E-state index contributed by atoms with van der Waals surface area (Å²) in [4.78, 5) is 7.54. The van der Waals surface area contributed by atoms with Crippen LogP contribution in [-0.2, 0) is 16.3 Å². The van der Waals surface area contributed by atoms with Gasteiger partial charge < -0.3 is 10.2 Å². The molecular weight excluding hydrogens is 326 g/mol.